The number of phosphoric ester groups is 1. The summed E-state index contributed by atoms with van der Waals surface area (Å²) in [7, 11) is -4.36. The van der Waals surface area contributed by atoms with Gasteiger partial charge in [-0.3, -0.25) is 4.52 Å². The van der Waals surface area contributed by atoms with Crippen LogP contribution >= 0.6 is 7.82 Å². The zero-order valence-electron chi connectivity index (χ0n) is 16.1. The Labute approximate surface area is 146 Å². The molecule has 0 aromatic heterocycles. The zero-order valence-corrected chi connectivity index (χ0v) is 17.0. The second-order valence-electron chi connectivity index (χ2n) is 8.62. The van der Waals surface area contributed by atoms with E-state index in [1.54, 1.807) is 0 Å². The minimum Gasteiger partial charge on any atom is -0.303 e. The van der Waals surface area contributed by atoms with Crippen molar-refractivity contribution in [1.29, 1.82) is 0 Å². The summed E-state index contributed by atoms with van der Waals surface area (Å²) < 4.78 is 15.3. The van der Waals surface area contributed by atoms with Crippen LogP contribution in [0.2, 0.25) is 0 Å². The fraction of sp³-hybridized carbons (Fsp3) is 0.684. The number of hydrogen-bond donors (Lipinski definition) is 2. The van der Waals surface area contributed by atoms with Crippen LogP contribution in [0.1, 0.15) is 76.6 Å². The molecule has 138 valence electrons. The van der Waals surface area contributed by atoms with Gasteiger partial charge in [-0.05, 0) is 53.7 Å². The summed E-state index contributed by atoms with van der Waals surface area (Å²) in [4.78, 5) is 17.5. The van der Waals surface area contributed by atoms with Gasteiger partial charge in [-0.2, -0.15) is 0 Å². The summed E-state index contributed by atoms with van der Waals surface area (Å²) in [5.41, 5.74) is 5.50. The Morgan fingerprint density at radius 1 is 0.958 bits per heavy atom. The Hall–Kier alpha value is -0.670. The van der Waals surface area contributed by atoms with E-state index in [4.69, 9.17) is 9.79 Å². The molecular formula is C19H33O4P. The molecule has 0 atom stereocenters. The van der Waals surface area contributed by atoms with Gasteiger partial charge in [-0.25, -0.2) is 4.57 Å². The van der Waals surface area contributed by atoms with Gasteiger partial charge in [0.2, 0.25) is 0 Å². The van der Waals surface area contributed by atoms with Crippen LogP contribution in [0.3, 0.4) is 0 Å². The molecule has 1 aromatic carbocycles. The third-order valence-electron chi connectivity index (χ3n) is 4.09. The molecule has 0 aliphatic carbocycles. The Morgan fingerprint density at radius 3 is 1.79 bits per heavy atom. The summed E-state index contributed by atoms with van der Waals surface area (Å²) in [6.07, 6.45) is 2.37. The first-order chi connectivity index (χ1) is 10.7. The van der Waals surface area contributed by atoms with Crippen molar-refractivity contribution in [2.75, 3.05) is 6.61 Å². The minimum atomic E-state index is -4.36. The van der Waals surface area contributed by atoms with Gasteiger partial charge in [-0.15, -0.1) is 0 Å². The molecule has 24 heavy (non-hydrogen) atoms. The average Bonchev–Trinajstić information content (AvgIpc) is 2.35. The van der Waals surface area contributed by atoms with E-state index in [1.165, 1.54) is 22.3 Å². The van der Waals surface area contributed by atoms with Crippen LogP contribution < -0.4 is 0 Å². The third-order valence-corrected chi connectivity index (χ3v) is 4.61. The van der Waals surface area contributed by atoms with E-state index in [9.17, 15) is 4.57 Å². The van der Waals surface area contributed by atoms with Crippen LogP contribution in [0.25, 0.3) is 0 Å². The lowest BCUT2D eigenvalue weighted by atomic mass is 9.74. The fourth-order valence-corrected chi connectivity index (χ4v) is 3.38. The molecule has 0 aliphatic heterocycles. The van der Waals surface area contributed by atoms with Crippen molar-refractivity contribution < 1.29 is 18.9 Å². The maximum Gasteiger partial charge on any atom is 0.469 e. The Bertz CT molecular complexity index is 568. The molecule has 0 fully saturated rings. The van der Waals surface area contributed by atoms with Crippen LogP contribution in [-0.4, -0.2) is 16.4 Å². The molecule has 0 amide bonds. The lowest BCUT2D eigenvalue weighted by Crippen LogP contribution is -2.21. The number of hydrogen-bond acceptors (Lipinski definition) is 2. The molecule has 0 heterocycles. The molecule has 0 radical (unpaired) electrons. The molecule has 1 aromatic rings. The molecular weight excluding hydrogens is 323 g/mol. The normalized spacial score (nSPS) is 13.4. The van der Waals surface area contributed by atoms with Crippen LogP contribution in [0.5, 0.6) is 0 Å². The van der Waals surface area contributed by atoms with E-state index in [2.05, 4.69) is 65.1 Å². The lowest BCUT2D eigenvalue weighted by Gasteiger charge is -2.31. The molecule has 5 heteroatoms. The van der Waals surface area contributed by atoms with Crippen molar-refractivity contribution in [2.45, 2.75) is 78.6 Å². The highest BCUT2D eigenvalue weighted by Gasteiger charge is 2.25. The Kier molecular flexibility index (Phi) is 6.85. The molecule has 4 nitrogen and oxygen atoms in total. The standard InChI is InChI=1S/C19H33O4P/c1-14-12-16(18(2,3)4)15(17(13-14)19(5,6)7)10-8-9-11-23-24(20,21)22/h12-13H,8-11H2,1-7H3,(H2,20,21,22). The van der Waals surface area contributed by atoms with Crippen molar-refractivity contribution in [1.82, 2.24) is 0 Å². The number of rotatable bonds is 6. The monoisotopic (exact) mass is 356 g/mol. The first-order valence-electron chi connectivity index (χ1n) is 8.56. The number of aryl methyl sites for hydroxylation is 1. The molecule has 0 bridgehead atoms. The van der Waals surface area contributed by atoms with Gasteiger partial charge in [0.05, 0.1) is 6.61 Å². The van der Waals surface area contributed by atoms with Crippen molar-refractivity contribution in [2.24, 2.45) is 0 Å². The summed E-state index contributed by atoms with van der Waals surface area (Å²) in [6.45, 7) is 15.6. The van der Waals surface area contributed by atoms with E-state index in [0.717, 1.165) is 12.8 Å². The maximum atomic E-state index is 10.7. The number of phosphoric acid groups is 1. The fourth-order valence-electron chi connectivity index (χ4n) is 3.01. The predicted octanol–water partition coefficient (Wildman–Crippen LogP) is 5.02. The van der Waals surface area contributed by atoms with Crippen LogP contribution in [-0.2, 0) is 26.3 Å². The summed E-state index contributed by atoms with van der Waals surface area (Å²) >= 11 is 0. The number of unbranched alkanes of at least 4 members (excludes halogenated alkanes) is 1. The largest absolute Gasteiger partial charge is 0.469 e. The number of benzene rings is 1. The van der Waals surface area contributed by atoms with E-state index in [0.29, 0.717) is 6.42 Å². The van der Waals surface area contributed by atoms with E-state index < -0.39 is 7.82 Å². The van der Waals surface area contributed by atoms with Gasteiger partial charge in [0.1, 0.15) is 0 Å². The minimum absolute atomic E-state index is 0.0593. The topological polar surface area (TPSA) is 66.8 Å². The van der Waals surface area contributed by atoms with Gasteiger partial charge in [0, 0.05) is 0 Å². The Balaban J connectivity index is 3.04. The van der Waals surface area contributed by atoms with E-state index in [1.807, 2.05) is 0 Å². The van der Waals surface area contributed by atoms with Crippen LogP contribution in [0, 0.1) is 6.92 Å². The molecule has 0 unspecified atom stereocenters. The van der Waals surface area contributed by atoms with Gasteiger partial charge in [0.15, 0.2) is 0 Å². The van der Waals surface area contributed by atoms with E-state index >= 15 is 0 Å². The Morgan fingerprint density at radius 2 is 1.42 bits per heavy atom. The van der Waals surface area contributed by atoms with Gasteiger partial charge in [-0.1, -0.05) is 59.2 Å². The van der Waals surface area contributed by atoms with Gasteiger partial charge in [0.25, 0.3) is 0 Å². The second-order valence-corrected chi connectivity index (χ2v) is 9.86. The second kappa shape index (κ2) is 7.70. The van der Waals surface area contributed by atoms with Crippen LogP contribution in [0.4, 0.5) is 0 Å². The van der Waals surface area contributed by atoms with Crippen molar-refractivity contribution in [3.05, 3.63) is 34.4 Å². The highest BCUT2D eigenvalue weighted by molar-refractivity contribution is 7.46. The molecule has 0 aliphatic rings. The van der Waals surface area contributed by atoms with E-state index in [-0.39, 0.29) is 17.4 Å². The average molecular weight is 356 g/mol. The van der Waals surface area contributed by atoms with Gasteiger partial charge >= 0.3 is 7.82 Å². The van der Waals surface area contributed by atoms with Crippen molar-refractivity contribution >= 4 is 7.82 Å². The van der Waals surface area contributed by atoms with Crippen molar-refractivity contribution in [3.63, 3.8) is 0 Å². The SMILES string of the molecule is Cc1cc(C(C)(C)C)c(CCCCOP(=O)(O)O)c(C(C)(C)C)c1. The quantitative estimate of drug-likeness (QED) is 0.555. The summed E-state index contributed by atoms with van der Waals surface area (Å²) in [5.74, 6) is 0. The third kappa shape index (κ3) is 6.68. The zero-order chi connectivity index (χ0) is 18.8. The first kappa shape index (κ1) is 21.4. The highest BCUT2D eigenvalue weighted by Crippen LogP contribution is 2.37. The molecule has 0 saturated heterocycles. The summed E-state index contributed by atoms with van der Waals surface area (Å²) in [6, 6.07) is 4.55. The predicted molar refractivity (Wildman–Crippen MR) is 99.5 cm³/mol. The van der Waals surface area contributed by atoms with Crippen LogP contribution in [0.15, 0.2) is 12.1 Å². The maximum absolute atomic E-state index is 10.7. The molecule has 0 spiro atoms. The summed E-state index contributed by atoms with van der Waals surface area (Å²) in [5, 5.41) is 0. The molecule has 2 N–H and O–H groups in total. The van der Waals surface area contributed by atoms with Gasteiger partial charge < -0.3 is 9.79 Å². The smallest absolute Gasteiger partial charge is 0.303 e. The molecule has 0 saturated carbocycles. The highest BCUT2D eigenvalue weighted by atomic mass is 31.2. The lowest BCUT2D eigenvalue weighted by molar-refractivity contribution is 0.194. The van der Waals surface area contributed by atoms with Crippen molar-refractivity contribution in [3.8, 4) is 0 Å². The first-order valence-corrected chi connectivity index (χ1v) is 10.1. The molecule has 1 rings (SSSR count).